The zero-order valence-corrected chi connectivity index (χ0v) is 20.5. The van der Waals surface area contributed by atoms with Crippen molar-refractivity contribution in [1.29, 1.82) is 0 Å². The molecule has 0 bridgehead atoms. The van der Waals surface area contributed by atoms with Gasteiger partial charge in [-0.2, -0.15) is 0 Å². The summed E-state index contributed by atoms with van der Waals surface area (Å²) in [6, 6.07) is 19.4. The minimum Gasteiger partial charge on any atom is -0.372 e. The second-order valence-corrected chi connectivity index (χ2v) is 9.66. The number of benzene rings is 2. The molecule has 0 radical (unpaired) electrons. The number of rotatable bonds is 7. The Bertz CT molecular complexity index is 1150. The lowest BCUT2D eigenvalue weighted by Gasteiger charge is -2.29. The minimum atomic E-state index is -0.317. The summed E-state index contributed by atoms with van der Waals surface area (Å²) in [4.78, 5) is 29.5. The van der Waals surface area contributed by atoms with E-state index < -0.39 is 0 Å². The third-order valence-electron chi connectivity index (χ3n) is 6.17. The number of carbonyl (C=O) groups excluding carboxylic acids is 2. The van der Waals surface area contributed by atoms with E-state index in [-0.39, 0.29) is 23.6 Å². The molecule has 0 aliphatic carbocycles. The number of hydrogen-bond donors (Lipinski definition) is 2. The number of nitrogens with zero attached hydrogens (tertiary/aromatic N) is 1. The Morgan fingerprint density at radius 1 is 0.971 bits per heavy atom. The maximum Gasteiger partial charge on any atom is 0.268 e. The predicted octanol–water partition coefficient (Wildman–Crippen LogP) is 5.70. The fourth-order valence-electron chi connectivity index (χ4n) is 4.18. The Morgan fingerprint density at radius 3 is 2.38 bits per heavy atom. The molecule has 1 unspecified atom stereocenters. The monoisotopic (exact) mass is 473 g/mol. The first kappa shape index (κ1) is 23.8. The van der Waals surface area contributed by atoms with Crippen molar-refractivity contribution in [2.75, 3.05) is 18.0 Å². The van der Waals surface area contributed by atoms with Gasteiger partial charge in [-0.15, -0.1) is 11.3 Å². The topological polar surface area (TPSA) is 61.4 Å². The second-order valence-electron chi connectivity index (χ2n) is 8.68. The molecule has 4 rings (SSSR count). The van der Waals surface area contributed by atoms with Gasteiger partial charge in [0.2, 0.25) is 0 Å². The van der Waals surface area contributed by atoms with E-state index in [2.05, 4.69) is 39.8 Å². The molecule has 2 heterocycles. The molecule has 1 aromatic heterocycles. The van der Waals surface area contributed by atoms with Gasteiger partial charge < -0.3 is 15.5 Å². The van der Waals surface area contributed by atoms with Gasteiger partial charge in [0.15, 0.2) is 0 Å². The lowest BCUT2D eigenvalue weighted by Crippen LogP contribution is -2.36. The maximum atomic E-state index is 13.2. The van der Waals surface area contributed by atoms with Crippen LogP contribution in [0.3, 0.4) is 0 Å². The van der Waals surface area contributed by atoms with Crippen LogP contribution in [0.4, 0.5) is 5.69 Å². The Morgan fingerprint density at radius 2 is 1.71 bits per heavy atom. The third kappa shape index (κ3) is 5.94. The van der Waals surface area contributed by atoms with Crippen LogP contribution in [0.5, 0.6) is 0 Å². The highest BCUT2D eigenvalue weighted by molar-refractivity contribution is 7.10. The predicted molar refractivity (Wildman–Crippen MR) is 140 cm³/mol. The zero-order valence-electron chi connectivity index (χ0n) is 19.7. The standard InChI is InChI=1S/C28H31N3O2S/c1-20-9-4-5-11-25(20)27(32)30-26(19-24-10-8-18-34-24)28(33)29-21(2)22-12-14-23(15-13-22)31-16-6-3-7-17-31/h4-5,8-15,18-19,21H,3,6-7,16-17H2,1-2H3,(H,29,33)(H,30,32)/b26-19-. The molecule has 1 aliphatic rings. The van der Waals surface area contributed by atoms with Crippen molar-refractivity contribution in [3.63, 3.8) is 0 Å². The van der Waals surface area contributed by atoms with E-state index in [1.54, 1.807) is 12.1 Å². The molecule has 2 amide bonds. The van der Waals surface area contributed by atoms with E-state index in [9.17, 15) is 9.59 Å². The second kappa shape index (κ2) is 11.2. The molecule has 176 valence electrons. The molecular weight excluding hydrogens is 442 g/mol. The van der Waals surface area contributed by atoms with Crippen LogP contribution >= 0.6 is 11.3 Å². The number of thiophene rings is 1. The fraction of sp³-hybridized carbons (Fsp3) is 0.286. The van der Waals surface area contributed by atoms with Gasteiger partial charge in [0.25, 0.3) is 11.8 Å². The minimum absolute atomic E-state index is 0.204. The van der Waals surface area contributed by atoms with E-state index >= 15 is 0 Å². The van der Waals surface area contributed by atoms with Crippen molar-refractivity contribution in [2.24, 2.45) is 0 Å². The van der Waals surface area contributed by atoms with Gasteiger partial charge in [-0.25, -0.2) is 0 Å². The highest BCUT2D eigenvalue weighted by atomic mass is 32.1. The van der Waals surface area contributed by atoms with Gasteiger partial charge in [0, 0.05) is 29.2 Å². The van der Waals surface area contributed by atoms with Crippen LogP contribution in [-0.2, 0) is 4.79 Å². The Labute approximate surface area is 205 Å². The van der Waals surface area contributed by atoms with E-state index in [0.717, 1.165) is 29.1 Å². The maximum absolute atomic E-state index is 13.2. The molecule has 1 fully saturated rings. The number of hydrogen-bond acceptors (Lipinski definition) is 4. The fourth-order valence-corrected chi connectivity index (χ4v) is 4.83. The number of aryl methyl sites for hydroxylation is 1. The summed E-state index contributed by atoms with van der Waals surface area (Å²) in [5.41, 5.74) is 3.89. The summed E-state index contributed by atoms with van der Waals surface area (Å²) in [6.07, 6.45) is 5.51. The Kier molecular flexibility index (Phi) is 7.80. The van der Waals surface area contributed by atoms with Crippen LogP contribution in [0.2, 0.25) is 0 Å². The lowest BCUT2D eigenvalue weighted by molar-refractivity contribution is -0.118. The van der Waals surface area contributed by atoms with Crippen molar-refractivity contribution in [3.8, 4) is 0 Å². The molecule has 1 atom stereocenters. The molecule has 0 saturated carbocycles. The number of anilines is 1. The number of amides is 2. The number of carbonyl (C=O) groups is 2. The largest absolute Gasteiger partial charge is 0.372 e. The number of piperidine rings is 1. The molecule has 3 aromatic rings. The molecular formula is C28H31N3O2S. The summed E-state index contributed by atoms with van der Waals surface area (Å²) in [5, 5.41) is 7.82. The SMILES string of the molecule is Cc1ccccc1C(=O)N/C(=C\c1cccs1)C(=O)NC(C)c1ccc(N2CCCCC2)cc1. The molecule has 34 heavy (non-hydrogen) atoms. The highest BCUT2D eigenvalue weighted by Crippen LogP contribution is 2.23. The summed E-state index contributed by atoms with van der Waals surface area (Å²) >= 11 is 1.51. The Balaban J connectivity index is 1.48. The molecule has 1 saturated heterocycles. The quantitative estimate of drug-likeness (QED) is 0.433. The molecule has 6 heteroatoms. The smallest absolute Gasteiger partial charge is 0.268 e. The lowest BCUT2D eigenvalue weighted by atomic mass is 10.1. The van der Waals surface area contributed by atoms with Gasteiger partial charge in [0.05, 0.1) is 6.04 Å². The van der Waals surface area contributed by atoms with E-state index in [1.165, 1.54) is 36.3 Å². The summed E-state index contributed by atoms with van der Waals surface area (Å²) in [6.45, 7) is 6.04. The first-order valence-electron chi connectivity index (χ1n) is 11.8. The summed E-state index contributed by atoms with van der Waals surface area (Å²) in [7, 11) is 0. The summed E-state index contributed by atoms with van der Waals surface area (Å²) in [5.74, 6) is -0.613. The van der Waals surface area contributed by atoms with Crippen molar-refractivity contribution < 1.29 is 9.59 Å². The zero-order chi connectivity index (χ0) is 23.9. The normalized spacial score (nSPS) is 15.0. The van der Waals surface area contributed by atoms with Crippen LogP contribution in [0.15, 0.2) is 71.7 Å². The first-order valence-corrected chi connectivity index (χ1v) is 12.7. The third-order valence-corrected chi connectivity index (χ3v) is 6.99. The van der Waals surface area contributed by atoms with Crippen LogP contribution in [0.1, 0.15) is 58.6 Å². The van der Waals surface area contributed by atoms with E-state index in [4.69, 9.17) is 0 Å². The van der Waals surface area contributed by atoms with E-state index in [1.807, 2.05) is 49.6 Å². The van der Waals surface area contributed by atoms with Crippen molar-refractivity contribution in [1.82, 2.24) is 10.6 Å². The van der Waals surface area contributed by atoms with Crippen LogP contribution in [0, 0.1) is 6.92 Å². The van der Waals surface area contributed by atoms with Crippen molar-refractivity contribution in [3.05, 3.63) is 93.3 Å². The van der Waals surface area contributed by atoms with Gasteiger partial charge in [-0.1, -0.05) is 36.4 Å². The van der Waals surface area contributed by atoms with Crippen LogP contribution in [-0.4, -0.2) is 24.9 Å². The molecule has 2 aromatic carbocycles. The average Bonchev–Trinajstić information content (AvgIpc) is 3.37. The van der Waals surface area contributed by atoms with Crippen LogP contribution in [0.25, 0.3) is 6.08 Å². The number of nitrogens with one attached hydrogen (secondary N) is 2. The van der Waals surface area contributed by atoms with Gasteiger partial charge in [-0.3, -0.25) is 9.59 Å². The van der Waals surface area contributed by atoms with Gasteiger partial charge in [0.1, 0.15) is 5.70 Å². The molecule has 0 spiro atoms. The van der Waals surface area contributed by atoms with Crippen LogP contribution < -0.4 is 15.5 Å². The van der Waals surface area contributed by atoms with Gasteiger partial charge in [-0.05, 0) is 80.0 Å². The molecule has 2 N–H and O–H groups in total. The average molecular weight is 474 g/mol. The van der Waals surface area contributed by atoms with E-state index in [0.29, 0.717) is 5.56 Å². The van der Waals surface area contributed by atoms with Crippen molar-refractivity contribution in [2.45, 2.75) is 39.2 Å². The Hall–Kier alpha value is -3.38. The highest BCUT2D eigenvalue weighted by Gasteiger charge is 2.19. The molecule has 5 nitrogen and oxygen atoms in total. The van der Waals surface area contributed by atoms with Gasteiger partial charge >= 0.3 is 0 Å². The first-order chi connectivity index (χ1) is 16.5. The molecule has 1 aliphatic heterocycles. The summed E-state index contributed by atoms with van der Waals surface area (Å²) < 4.78 is 0. The van der Waals surface area contributed by atoms with Crippen molar-refractivity contribution >= 4 is 34.9 Å².